The van der Waals surface area contributed by atoms with E-state index in [-0.39, 0.29) is 11.7 Å². The summed E-state index contributed by atoms with van der Waals surface area (Å²) in [7, 11) is 0. The Bertz CT molecular complexity index is 1280. The zero-order valence-corrected chi connectivity index (χ0v) is 20.5. The molecule has 7 nitrogen and oxygen atoms in total. The third-order valence-electron chi connectivity index (χ3n) is 5.63. The molecule has 0 bridgehead atoms. The average Bonchev–Trinajstić information content (AvgIpc) is 3.40. The highest BCUT2D eigenvalue weighted by Gasteiger charge is 2.22. The number of nitrogens with two attached hydrogens (primary N) is 2. The lowest BCUT2D eigenvalue weighted by atomic mass is 10.1. The highest BCUT2D eigenvalue weighted by atomic mass is 32.1. The number of primary amides is 1. The van der Waals surface area contributed by atoms with Crippen molar-refractivity contribution < 1.29 is 14.3 Å². The number of amides is 2. The molecular weight excluding hydrogens is 472 g/mol. The molecule has 36 heavy (non-hydrogen) atoms. The van der Waals surface area contributed by atoms with Crippen LogP contribution < -0.4 is 21.5 Å². The van der Waals surface area contributed by atoms with Gasteiger partial charge in [0.25, 0.3) is 5.91 Å². The Balaban J connectivity index is 1.31. The van der Waals surface area contributed by atoms with E-state index in [1.54, 1.807) is 5.38 Å². The quantitative estimate of drug-likeness (QED) is 0.289. The summed E-state index contributed by atoms with van der Waals surface area (Å²) in [6, 6.07) is 26.0. The third kappa shape index (κ3) is 7.00. The molecule has 3 aromatic carbocycles. The van der Waals surface area contributed by atoms with E-state index < -0.39 is 17.9 Å². The van der Waals surface area contributed by atoms with Crippen LogP contribution in [0.5, 0.6) is 5.75 Å². The van der Waals surface area contributed by atoms with Gasteiger partial charge in [0.2, 0.25) is 5.91 Å². The zero-order chi connectivity index (χ0) is 25.3. The molecule has 4 aromatic rings. The normalized spacial score (nSPS) is 12.5. The van der Waals surface area contributed by atoms with Gasteiger partial charge in [-0.1, -0.05) is 72.8 Å². The number of carbonyl (C=O) groups excluding carboxylic acids is 2. The topological polar surface area (TPSA) is 120 Å². The van der Waals surface area contributed by atoms with Crippen molar-refractivity contribution in [2.24, 2.45) is 11.5 Å². The number of ether oxygens (including phenoxy) is 1. The molecule has 1 aromatic heterocycles. The maximum absolute atomic E-state index is 12.7. The number of nitrogens with one attached hydrogen (secondary N) is 1. The molecule has 0 fully saturated rings. The largest absolute Gasteiger partial charge is 0.489 e. The molecule has 2 unspecified atom stereocenters. The first-order chi connectivity index (χ1) is 17.5. The highest BCUT2D eigenvalue weighted by Crippen LogP contribution is 2.22. The molecule has 4 rings (SSSR count). The minimum Gasteiger partial charge on any atom is -0.489 e. The summed E-state index contributed by atoms with van der Waals surface area (Å²) in [5.74, 6) is -0.274. The summed E-state index contributed by atoms with van der Waals surface area (Å²) in [6.45, 7) is 0.506. The number of hydrogen-bond donors (Lipinski definition) is 3. The molecule has 2 atom stereocenters. The molecule has 0 saturated carbocycles. The standard InChI is InChI=1S/C28H28N4O3S/c29-23(15-20-11-13-22(14-12-20)35-17-21-9-5-2-6-10-21)28-32-25(18-36-28)27(34)31-24(26(30)33)16-19-7-3-1-4-8-19/h1-14,18,23-24H,15-17,29H2,(H2,30,33)(H,31,34). The van der Waals surface area contributed by atoms with Crippen LogP contribution in [0.4, 0.5) is 0 Å². The zero-order valence-electron chi connectivity index (χ0n) is 19.7. The number of aromatic nitrogens is 1. The van der Waals surface area contributed by atoms with E-state index in [0.717, 1.165) is 22.4 Å². The molecule has 1 heterocycles. The minimum absolute atomic E-state index is 0.217. The fourth-order valence-corrected chi connectivity index (χ4v) is 4.47. The Morgan fingerprint density at radius 2 is 1.47 bits per heavy atom. The molecule has 0 radical (unpaired) electrons. The monoisotopic (exact) mass is 500 g/mol. The SMILES string of the molecule is NC(=O)C(Cc1ccccc1)NC(=O)c1csc(C(N)Cc2ccc(OCc3ccccc3)cc2)n1. The molecule has 0 aliphatic rings. The van der Waals surface area contributed by atoms with Crippen molar-refractivity contribution >= 4 is 23.2 Å². The Morgan fingerprint density at radius 3 is 2.11 bits per heavy atom. The van der Waals surface area contributed by atoms with Crippen molar-refractivity contribution in [1.29, 1.82) is 0 Å². The minimum atomic E-state index is -0.832. The molecule has 184 valence electrons. The van der Waals surface area contributed by atoms with Crippen molar-refractivity contribution in [3.63, 3.8) is 0 Å². The second kappa shape index (κ2) is 12.1. The Kier molecular flexibility index (Phi) is 8.44. The maximum Gasteiger partial charge on any atom is 0.271 e. The van der Waals surface area contributed by atoms with Gasteiger partial charge in [0, 0.05) is 11.8 Å². The van der Waals surface area contributed by atoms with Crippen LogP contribution in [0.15, 0.2) is 90.3 Å². The predicted molar refractivity (Wildman–Crippen MR) is 141 cm³/mol. The molecule has 2 amide bonds. The van der Waals surface area contributed by atoms with Gasteiger partial charge >= 0.3 is 0 Å². The lowest BCUT2D eigenvalue weighted by Crippen LogP contribution is -2.46. The van der Waals surface area contributed by atoms with Crippen LogP contribution in [0.3, 0.4) is 0 Å². The second-order valence-electron chi connectivity index (χ2n) is 8.42. The number of rotatable bonds is 11. The van der Waals surface area contributed by atoms with E-state index in [9.17, 15) is 9.59 Å². The molecule has 0 saturated heterocycles. The van der Waals surface area contributed by atoms with Crippen LogP contribution in [-0.2, 0) is 24.2 Å². The average molecular weight is 501 g/mol. The van der Waals surface area contributed by atoms with Crippen LogP contribution in [0, 0.1) is 0 Å². The summed E-state index contributed by atoms with van der Waals surface area (Å²) >= 11 is 1.32. The van der Waals surface area contributed by atoms with Crippen LogP contribution in [0.1, 0.15) is 38.2 Å². The number of nitrogens with zero attached hydrogens (tertiary/aromatic N) is 1. The molecule has 0 aliphatic heterocycles. The lowest BCUT2D eigenvalue weighted by molar-refractivity contribution is -0.119. The van der Waals surface area contributed by atoms with Crippen molar-refractivity contribution in [2.45, 2.75) is 31.5 Å². The van der Waals surface area contributed by atoms with Crippen molar-refractivity contribution in [2.75, 3.05) is 0 Å². The first-order valence-electron chi connectivity index (χ1n) is 11.6. The van der Waals surface area contributed by atoms with Gasteiger partial charge in [0.1, 0.15) is 29.1 Å². The molecule has 5 N–H and O–H groups in total. The van der Waals surface area contributed by atoms with E-state index in [1.807, 2.05) is 84.9 Å². The van der Waals surface area contributed by atoms with Gasteiger partial charge in [0.05, 0.1) is 6.04 Å². The van der Waals surface area contributed by atoms with E-state index in [0.29, 0.717) is 24.5 Å². The van der Waals surface area contributed by atoms with Crippen LogP contribution in [0.25, 0.3) is 0 Å². The number of thiazole rings is 1. The summed E-state index contributed by atoms with van der Waals surface area (Å²) in [5, 5.41) is 4.98. The Labute approximate surface area is 214 Å². The fraction of sp³-hybridized carbons (Fsp3) is 0.179. The van der Waals surface area contributed by atoms with Crippen molar-refractivity contribution in [3.05, 3.63) is 118 Å². The lowest BCUT2D eigenvalue weighted by Gasteiger charge is -2.15. The highest BCUT2D eigenvalue weighted by molar-refractivity contribution is 7.09. The predicted octanol–water partition coefficient (Wildman–Crippen LogP) is 3.79. The summed E-state index contributed by atoms with van der Waals surface area (Å²) in [5.41, 5.74) is 15.1. The first kappa shape index (κ1) is 25.1. The Morgan fingerprint density at radius 1 is 0.861 bits per heavy atom. The molecular formula is C28H28N4O3S. The van der Waals surface area contributed by atoms with Gasteiger partial charge < -0.3 is 21.5 Å². The van der Waals surface area contributed by atoms with Gasteiger partial charge in [-0.05, 0) is 35.2 Å². The number of carbonyl (C=O) groups is 2. The number of benzene rings is 3. The maximum atomic E-state index is 12.7. The molecule has 8 heteroatoms. The van der Waals surface area contributed by atoms with Gasteiger partial charge in [-0.3, -0.25) is 9.59 Å². The summed E-state index contributed by atoms with van der Waals surface area (Å²) < 4.78 is 5.83. The van der Waals surface area contributed by atoms with Crippen LogP contribution >= 0.6 is 11.3 Å². The van der Waals surface area contributed by atoms with E-state index in [2.05, 4.69) is 10.3 Å². The van der Waals surface area contributed by atoms with Gasteiger partial charge in [-0.2, -0.15) is 0 Å². The second-order valence-corrected chi connectivity index (χ2v) is 9.31. The number of hydrogen-bond acceptors (Lipinski definition) is 6. The fourth-order valence-electron chi connectivity index (χ4n) is 3.67. The van der Waals surface area contributed by atoms with Gasteiger partial charge in [-0.25, -0.2) is 4.98 Å². The smallest absolute Gasteiger partial charge is 0.271 e. The summed E-state index contributed by atoms with van der Waals surface area (Å²) in [6.07, 6.45) is 0.870. The van der Waals surface area contributed by atoms with Gasteiger partial charge in [-0.15, -0.1) is 11.3 Å². The van der Waals surface area contributed by atoms with Gasteiger partial charge in [0.15, 0.2) is 0 Å². The summed E-state index contributed by atoms with van der Waals surface area (Å²) in [4.78, 5) is 29.0. The molecule has 0 aliphatic carbocycles. The van der Waals surface area contributed by atoms with E-state index >= 15 is 0 Å². The third-order valence-corrected chi connectivity index (χ3v) is 6.61. The molecule has 0 spiro atoms. The van der Waals surface area contributed by atoms with Crippen molar-refractivity contribution in [1.82, 2.24) is 10.3 Å². The van der Waals surface area contributed by atoms with E-state index in [4.69, 9.17) is 16.2 Å². The van der Waals surface area contributed by atoms with Crippen LogP contribution in [0.2, 0.25) is 0 Å². The van der Waals surface area contributed by atoms with Crippen molar-refractivity contribution in [3.8, 4) is 5.75 Å². The van der Waals surface area contributed by atoms with E-state index in [1.165, 1.54) is 11.3 Å². The Hall–Kier alpha value is -4.01. The van der Waals surface area contributed by atoms with Crippen LogP contribution in [-0.4, -0.2) is 22.8 Å². The first-order valence-corrected chi connectivity index (χ1v) is 12.5.